The summed E-state index contributed by atoms with van der Waals surface area (Å²) in [5.41, 5.74) is 5.65. The predicted octanol–water partition coefficient (Wildman–Crippen LogP) is 1.38. The summed E-state index contributed by atoms with van der Waals surface area (Å²) in [7, 11) is 0. The van der Waals surface area contributed by atoms with Crippen molar-refractivity contribution in [3.05, 3.63) is 0 Å². The highest BCUT2D eigenvalue weighted by Gasteiger charge is 2.43. The topological polar surface area (TPSA) is 38.5 Å². The first-order chi connectivity index (χ1) is 7.89. The molecule has 0 saturated carbocycles. The molecule has 0 bridgehead atoms. The van der Waals surface area contributed by atoms with Crippen LogP contribution < -0.4 is 5.73 Å². The Morgan fingerprint density at radius 2 is 2.18 bits per heavy atom. The van der Waals surface area contributed by atoms with E-state index in [-0.39, 0.29) is 13.0 Å². The second kappa shape index (κ2) is 4.74. The van der Waals surface area contributed by atoms with Gasteiger partial charge in [0.05, 0.1) is 18.1 Å². The maximum Gasteiger partial charge on any atom is 0.393 e. The van der Waals surface area contributed by atoms with E-state index in [0.29, 0.717) is 32.7 Å². The van der Waals surface area contributed by atoms with Crippen LogP contribution in [0.1, 0.15) is 19.3 Å². The molecule has 0 aromatic carbocycles. The fraction of sp³-hybridized carbons (Fsp3) is 1.00. The quantitative estimate of drug-likeness (QED) is 0.807. The number of alkyl halides is 3. The van der Waals surface area contributed by atoms with Crippen molar-refractivity contribution in [2.24, 2.45) is 11.7 Å². The van der Waals surface area contributed by atoms with Crippen LogP contribution in [0.2, 0.25) is 0 Å². The largest absolute Gasteiger partial charge is 0.393 e. The van der Waals surface area contributed by atoms with Gasteiger partial charge in [0.2, 0.25) is 0 Å². The molecule has 0 aliphatic carbocycles. The van der Waals surface area contributed by atoms with Crippen molar-refractivity contribution in [3.8, 4) is 0 Å². The predicted molar refractivity (Wildman–Crippen MR) is 57.6 cm³/mol. The molecule has 2 fully saturated rings. The summed E-state index contributed by atoms with van der Waals surface area (Å²) < 4.78 is 43.1. The van der Waals surface area contributed by atoms with E-state index in [9.17, 15) is 13.2 Å². The highest BCUT2D eigenvalue weighted by atomic mass is 19.4. The van der Waals surface area contributed by atoms with Gasteiger partial charge in [-0.25, -0.2) is 0 Å². The summed E-state index contributed by atoms with van der Waals surface area (Å²) in [5.74, 6) is -1.19. The fourth-order valence-corrected chi connectivity index (χ4v) is 2.66. The molecular weight excluding hydrogens is 233 g/mol. The van der Waals surface area contributed by atoms with Gasteiger partial charge in [-0.05, 0) is 25.8 Å². The molecule has 3 nitrogen and oxygen atoms in total. The number of rotatable bonds is 2. The normalized spacial score (nSPS) is 36.4. The fourth-order valence-electron chi connectivity index (χ4n) is 2.66. The molecular formula is C11H19F3N2O. The van der Waals surface area contributed by atoms with Crippen molar-refractivity contribution in [2.45, 2.75) is 31.0 Å². The molecule has 0 amide bonds. The van der Waals surface area contributed by atoms with Crippen LogP contribution in [0.5, 0.6) is 0 Å². The van der Waals surface area contributed by atoms with Gasteiger partial charge in [-0.2, -0.15) is 13.2 Å². The molecule has 2 atom stereocenters. The van der Waals surface area contributed by atoms with Gasteiger partial charge in [0.25, 0.3) is 0 Å². The Hall–Kier alpha value is -0.330. The number of nitrogens with two attached hydrogens (primary N) is 1. The van der Waals surface area contributed by atoms with Crippen molar-refractivity contribution in [2.75, 3.05) is 32.8 Å². The summed E-state index contributed by atoms with van der Waals surface area (Å²) in [6.07, 6.45) is -2.50. The first-order valence-electron chi connectivity index (χ1n) is 6.05. The van der Waals surface area contributed by atoms with E-state index in [1.165, 1.54) is 0 Å². The molecule has 2 heterocycles. The lowest BCUT2D eigenvalue weighted by Gasteiger charge is -2.37. The Bertz CT molecular complexity index is 264. The minimum Gasteiger partial charge on any atom is -0.379 e. The standard InChI is InChI=1S/C11H19F3N2O/c12-11(13,14)9-2-1-4-16(6-9)7-10(15)3-5-17-8-10/h9H,1-8,15H2. The van der Waals surface area contributed by atoms with E-state index in [4.69, 9.17) is 10.5 Å². The lowest BCUT2D eigenvalue weighted by Crippen LogP contribution is -2.54. The first-order valence-corrected chi connectivity index (χ1v) is 6.05. The Labute approximate surface area is 99.1 Å². The van der Waals surface area contributed by atoms with Crippen molar-refractivity contribution < 1.29 is 17.9 Å². The SMILES string of the molecule is NC1(CN2CCCC(C(F)(F)F)C2)CCOC1. The summed E-state index contributed by atoms with van der Waals surface area (Å²) >= 11 is 0. The van der Waals surface area contributed by atoms with E-state index in [1.54, 1.807) is 0 Å². The molecule has 17 heavy (non-hydrogen) atoms. The van der Waals surface area contributed by atoms with Crippen molar-refractivity contribution in [1.29, 1.82) is 0 Å². The highest BCUT2D eigenvalue weighted by Crippen LogP contribution is 2.33. The van der Waals surface area contributed by atoms with E-state index in [1.807, 2.05) is 4.90 Å². The van der Waals surface area contributed by atoms with Gasteiger partial charge in [0, 0.05) is 19.7 Å². The van der Waals surface area contributed by atoms with Crippen LogP contribution in [-0.2, 0) is 4.74 Å². The Morgan fingerprint density at radius 1 is 1.41 bits per heavy atom. The summed E-state index contributed by atoms with van der Waals surface area (Å²) in [5, 5.41) is 0. The van der Waals surface area contributed by atoms with Crippen LogP contribution in [0.15, 0.2) is 0 Å². The monoisotopic (exact) mass is 252 g/mol. The third-order valence-electron chi connectivity index (χ3n) is 3.64. The molecule has 2 N–H and O–H groups in total. The van der Waals surface area contributed by atoms with Crippen LogP contribution in [0.25, 0.3) is 0 Å². The van der Waals surface area contributed by atoms with E-state index in [0.717, 1.165) is 6.42 Å². The van der Waals surface area contributed by atoms with E-state index < -0.39 is 17.6 Å². The minimum absolute atomic E-state index is 0.0858. The van der Waals surface area contributed by atoms with Crippen LogP contribution in [0.3, 0.4) is 0 Å². The third-order valence-corrected chi connectivity index (χ3v) is 3.64. The van der Waals surface area contributed by atoms with Gasteiger partial charge in [-0.15, -0.1) is 0 Å². The average molecular weight is 252 g/mol. The van der Waals surface area contributed by atoms with Gasteiger partial charge in [-0.3, -0.25) is 0 Å². The van der Waals surface area contributed by atoms with Gasteiger partial charge in [0.15, 0.2) is 0 Å². The molecule has 0 aromatic heterocycles. The number of hydrogen-bond donors (Lipinski definition) is 1. The second-order valence-corrected chi connectivity index (χ2v) is 5.28. The molecule has 2 saturated heterocycles. The zero-order valence-electron chi connectivity index (χ0n) is 9.80. The number of halogens is 3. The Kier molecular flexibility index (Phi) is 3.66. The number of nitrogens with zero attached hydrogens (tertiary/aromatic N) is 1. The zero-order chi connectivity index (χ0) is 12.5. The van der Waals surface area contributed by atoms with Crippen LogP contribution >= 0.6 is 0 Å². The molecule has 100 valence electrons. The van der Waals surface area contributed by atoms with Crippen LogP contribution in [0, 0.1) is 5.92 Å². The second-order valence-electron chi connectivity index (χ2n) is 5.28. The molecule has 6 heteroatoms. The third kappa shape index (κ3) is 3.33. The van der Waals surface area contributed by atoms with Gasteiger partial charge < -0.3 is 15.4 Å². The Morgan fingerprint density at radius 3 is 2.76 bits per heavy atom. The molecule has 2 unspecified atom stereocenters. The van der Waals surface area contributed by atoms with Crippen LogP contribution in [0.4, 0.5) is 13.2 Å². The lowest BCUT2D eigenvalue weighted by atomic mass is 9.94. The Balaban J connectivity index is 1.89. The van der Waals surface area contributed by atoms with Crippen LogP contribution in [-0.4, -0.2) is 49.5 Å². The summed E-state index contributed by atoms with van der Waals surface area (Å²) in [4.78, 5) is 1.84. The molecule has 2 aliphatic rings. The molecule has 0 radical (unpaired) electrons. The van der Waals surface area contributed by atoms with Crippen molar-refractivity contribution >= 4 is 0 Å². The maximum atomic E-state index is 12.6. The van der Waals surface area contributed by atoms with Gasteiger partial charge in [-0.1, -0.05) is 0 Å². The maximum absolute atomic E-state index is 12.6. The van der Waals surface area contributed by atoms with Crippen molar-refractivity contribution in [3.63, 3.8) is 0 Å². The van der Waals surface area contributed by atoms with E-state index in [2.05, 4.69) is 0 Å². The number of ether oxygens (including phenoxy) is 1. The molecule has 2 aliphatic heterocycles. The smallest absolute Gasteiger partial charge is 0.379 e. The number of hydrogen-bond acceptors (Lipinski definition) is 3. The van der Waals surface area contributed by atoms with Gasteiger partial charge >= 0.3 is 6.18 Å². The van der Waals surface area contributed by atoms with E-state index >= 15 is 0 Å². The number of likely N-dealkylation sites (tertiary alicyclic amines) is 1. The molecule has 0 spiro atoms. The summed E-state index contributed by atoms with van der Waals surface area (Å²) in [6.45, 7) is 2.39. The average Bonchev–Trinajstić information content (AvgIpc) is 2.64. The summed E-state index contributed by atoms with van der Waals surface area (Å²) in [6, 6.07) is 0. The highest BCUT2D eigenvalue weighted by molar-refractivity contribution is 4.92. The molecule has 0 aromatic rings. The minimum atomic E-state index is -4.08. The number of piperidine rings is 1. The zero-order valence-corrected chi connectivity index (χ0v) is 9.80. The van der Waals surface area contributed by atoms with Crippen molar-refractivity contribution in [1.82, 2.24) is 4.90 Å². The van der Waals surface area contributed by atoms with Gasteiger partial charge in [0.1, 0.15) is 0 Å². The molecule has 2 rings (SSSR count). The lowest BCUT2D eigenvalue weighted by molar-refractivity contribution is -0.187. The first kappa shape index (κ1) is 13.1.